The third-order valence-electron chi connectivity index (χ3n) is 3.17. The highest BCUT2D eigenvalue weighted by Gasteiger charge is 2.11. The lowest BCUT2D eigenvalue weighted by molar-refractivity contribution is 0.295. The number of nitrogens with zero attached hydrogens (tertiary/aromatic N) is 3. The Labute approximate surface area is 121 Å². The third-order valence-corrected chi connectivity index (χ3v) is 3.42. The molecule has 0 atom stereocenters. The number of hydrogen-bond acceptors (Lipinski definition) is 3. The minimum Gasteiger partial charge on any atom is -0.396 e. The van der Waals surface area contributed by atoms with Gasteiger partial charge in [-0.3, -0.25) is 0 Å². The molecule has 0 aliphatic rings. The first kappa shape index (κ1) is 13.1. The monoisotopic (exact) mass is 287 g/mol. The van der Waals surface area contributed by atoms with Crippen molar-refractivity contribution in [3.8, 4) is 0 Å². The van der Waals surface area contributed by atoms with E-state index in [1.54, 1.807) is 6.20 Å². The molecule has 1 N–H and O–H groups in total. The Bertz CT molecular complexity index is 722. The lowest BCUT2D eigenvalue weighted by atomic mass is 10.2. The van der Waals surface area contributed by atoms with Crippen LogP contribution < -0.4 is 0 Å². The van der Waals surface area contributed by atoms with Crippen LogP contribution in [0.1, 0.15) is 11.4 Å². The van der Waals surface area contributed by atoms with E-state index >= 15 is 0 Å². The first-order valence-corrected chi connectivity index (χ1v) is 6.81. The van der Waals surface area contributed by atoms with Gasteiger partial charge in [0.15, 0.2) is 5.65 Å². The number of pyridine rings is 1. The Morgan fingerprint density at radius 3 is 2.70 bits per heavy atom. The second-order valence-corrected chi connectivity index (χ2v) is 5.00. The summed E-state index contributed by atoms with van der Waals surface area (Å²) in [7, 11) is 0. The van der Waals surface area contributed by atoms with Crippen LogP contribution in [-0.4, -0.2) is 26.2 Å². The normalized spacial score (nSPS) is 11.1. The highest BCUT2D eigenvalue weighted by molar-refractivity contribution is 6.30. The predicted octanol–water partition coefficient (Wildman–Crippen LogP) is 2.67. The van der Waals surface area contributed by atoms with Crippen LogP contribution in [0.2, 0.25) is 5.02 Å². The number of imidazole rings is 1. The van der Waals surface area contributed by atoms with Crippen molar-refractivity contribution in [3.63, 3.8) is 0 Å². The molecule has 0 amide bonds. The molecule has 0 radical (unpaired) electrons. The zero-order chi connectivity index (χ0) is 13.9. The number of benzene rings is 1. The van der Waals surface area contributed by atoms with Crippen molar-refractivity contribution in [2.24, 2.45) is 0 Å². The van der Waals surface area contributed by atoms with Gasteiger partial charge in [-0.25, -0.2) is 9.97 Å². The van der Waals surface area contributed by atoms with Crippen LogP contribution in [0, 0.1) is 0 Å². The number of aromatic nitrogens is 3. The standard InChI is InChI=1S/C15H14ClN3O/c16-12-5-3-11(4-6-12)10-19-14(7-9-20)18-13-2-1-8-17-15(13)19/h1-6,8,20H,7,9-10H2. The number of rotatable bonds is 4. The first-order chi connectivity index (χ1) is 9.78. The summed E-state index contributed by atoms with van der Waals surface area (Å²) in [6.45, 7) is 0.740. The van der Waals surface area contributed by atoms with E-state index in [0.29, 0.717) is 13.0 Å². The summed E-state index contributed by atoms with van der Waals surface area (Å²) in [6.07, 6.45) is 2.27. The van der Waals surface area contributed by atoms with Gasteiger partial charge in [0.05, 0.1) is 13.2 Å². The smallest absolute Gasteiger partial charge is 0.160 e. The lowest BCUT2D eigenvalue weighted by Crippen LogP contribution is -2.07. The molecule has 0 unspecified atom stereocenters. The molecule has 0 fully saturated rings. The molecule has 4 nitrogen and oxygen atoms in total. The highest BCUT2D eigenvalue weighted by Crippen LogP contribution is 2.17. The maximum absolute atomic E-state index is 9.18. The summed E-state index contributed by atoms with van der Waals surface area (Å²) < 4.78 is 2.04. The van der Waals surface area contributed by atoms with Gasteiger partial charge in [-0.05, 0) is 29.8 Å². The van der Waals surface area contributed by atoms with Crippen LogP contribution >= 0.6 is 11.6 Å². The van der Waals surface area contributed by atoms with Crippen molar-refractivity contribution in [3.05, 3.63) is 59.0 Å². The minimum atomic E-state index is 0.0734. The molecule has 5 heteroatoms. The van der Waals surface area contributed by atoms with E-state index in [4.69, 9.17) is 11.6 Å². The molecular formula is C15H14ClN3O. The molecule has 1 aromatic carbocycles. The Hall–Kier alpha value is -1.91. The molecule has 102 valence electrons. The molecule has 0 saturated carbocycles. The summed E-state index contributed by atoms with van der Waals surface area (Å²) in [5.74, 6) is 0.844. The molecule has 0 aliphatic carbocycles. The third kappa shape index (κ3) is 2.53. The molecule has 0 bridgehead atoms. The van der Waals surface area contributed by atoms with Gasteiger partial charge in [-0.2, -0.15) is 0 Å². The van der Waals surface area contributed by atoms with E-state index < -0.39 is 0 Å². The molecular weight excluding hydrogens is 274 g/mol. The minimum absolute atomic E-state index is 0.0734. The van der Waals surface area contributed by atoms with Crippen LogP contribution in [0.3, 0.4) is 0 Å². The van der Waals surface area contributed by atoms with Crippen LogP contribution in [-0.2, 0) is 13.0 Å². The fourth-order valence-electron chi connectivity index (χ4n) is 2.23. The molecule has 0 spiro atoms. The quantitative estimate of drug-likeness (QED) is 0.803. The molecule has 0 aliphatic heterocycles. The van der Waals surface area contributed by atoms with E-state index in [1.807, 2.05) is 41.0 Å². The molecule has 3 aromatic rings. The summed E-state index contributed by atoms with van der Waals surface area (Å²) >= 11 is 5.91. The summed E-state index contributed by atoms with van der Waals surface area (Å²) in [5, 5.41) is 9.90. The van der Waals surface area contributed by atoms with Crippen LogP contribution in [0.25, 0.3) is 11.2 Å². The van der Waals surface area contributed by atoms with Crippen LogP contribution in [0.4, 0.5) is 0 Å². The zero-order valence-corrected chi connectivity index (χ0v) is 11.6. The number of halogens is 1. The Balaban J connectivity index is 2.04. The zero-order valence-electron chi connectivity index (χ0n) is 10.8. The first-order valence-electron chi connectivity index (χ1n) is 6.43. The van der Waals surface area contributed by atoms with Gasteiger partial charge in [0, 0.05) is 17.6 Å². The van der Waals surface area contributed by atoms with Crippen molar-refractivity contribution < 1.29 is 5.11 Å². The van der Waals surface area contributed by atoms with Gasteiger partial charge in [0.2, 0.25) is 0 Å². The van der Waals surface area contributed by atoms with Crippen molar-refractivity contribution in [2.75, 3.05) is 6.61 Å². The van der Waals surface area contributed by atoms with E-state index in [9.17, 15) is 5.11 Å². The van der Waals surface area contributed by atoms with Crippen molar-refractivity contribution in [1.82, 2.24) is 14.5 Å². The maximum atomic E-state index is 9.18. The van der Waals surface area contributed by atoms with Crippen molar-refractivity contribution in [1.29, 1.82) is 0 Å². The van der Waals surface area contributed by atoms with E-state index in [1.165, 1.54) is 0 Å². The van der Waals surface area contributed by atoms with Gasteiger partial charge in [-0.15, -0.1) is 0 Å². The summed E-state index contributed by atoms with van der Waals surface area (Å²) in [4.78, 5) is 8.92. The molecule has 0 saturated heterocycles. The lowest BCUT2D eigenvalue weighted by Gasteiger charge is -2.08. The Morgan fingerprint density at radius 2 is 1.95 bits per heavy atom. The van der Waals surface area contributed by atoms with Crippen molar-refractivity contribution >= 4 is 22.8 Å². The Kier molecular flexibility index (Phi) is 3.67. The van der Waals surface area contributed by atoms with Gasteiger partial charge < -0.3 is 9.67 Å². The van der Waals surface area contributed by atoms with E-state index in [0.717, 1.165) is 27.6 Å². The van der Waals surface area contributed by atoms with Gasteiger partial charge in [-0.1, -0.05) is 23.7 Å². The van der Waals surface area contributed by atoms with E-state index in [2.05, 4.69) is 9.97 Å². The average Bonchev–Trinajstić information content (AvgIpc) is 2.80. The van der Waals surface area contributed by atoms with Gasteiger partial charge in [0.1, 0.15) is 11.3 Å². The predicted molar refractivity (Wildman–Crippen MR) is 78.9 cm³/mol. The number of fused-ring (bicyclic) bond motifs is 1. The SMILES string of the molecule is OCCc1nc2cccnc2n1Cc1ccc(Cl)cc1. The van der Waals surface area contributed by atoms with Crippen LogP contribution in [0.5, 0.6) is 0 Å². The van der Waals surface area contributed by atoms with Gasteiger partial charge >= 0.3 is 0 Å². The van der Waals surface area contributed by atoms with Crippen molar-refractivity contribution in [2.45, 2.75) is 13.0 Å². The summed E-state index contributed by atoms with van der Waals surface area (Å²) in [5.41, 5.74) is 2.81. The fourth-order valence-corrected chi connectivity index (χ4v) is 2.36. The number of aliphatic hydroxyl groups excluding tert-OH is 1. The second-order valence-electron chi connectivity index (χ2n) is 4.56. The molecule has 2 aromatic heterocycles. The number of hydrogen-bond donors (Lipinski definition) is 1. The van der Waals surface area contributed by atoms with Crippen LogP contribution in [0.15, 0.2) is 42.6 Å². The summed E-state index contributed by atoms with van der Waals surface area (Å²) in [6, 6.07) is 11.5. The molecule has 3 rings (SSSR count). The second kappa shape index (κ2) is 5.61. The topological polar surface area (TPSA) is 50.9 Å². The fraction of sp³-hybridized carbons (Fsp3) is 0.200. The largest absolute Gasteiger partial charge is 0.396 e. The van der Waals surface area contributed by atoms with Gasteiger partial charge in [0.25, 0.3) is 0 Å². The molecule has 2 heterocycles. The maximum Gasteiger partial charge on any atom is 0.160 e. The Morgan fingerprint density at radius 1 is 1.15 bits per heavy atom. The molecule has 20 heavy (non-hydrogen) atoms. The average molecular weight is 288 g/mol. The van der Waals surface area contributed by atoms with E-state index in [-0.39, 0.29) is 6.61 Å². The number of aliphatic hydroxyl groups is 1. The highest BCUT2D eigenvalue weighted by atomic mass is 35.5.